The molecule has 1 fully saturated rings. The standard InChI is InChI=1S/C16H25N5O3/c1-5-22-11(4)14-17-13(23-19-14)9-21-8-6-7-12(21)15-18-16(10(2)3)24-20-15/h10-12H,5-9H2,1-4H3/t11-,12+/m0/s1. The lowest BCUT2D eigenvalue weighted by molar-refractivity contribution is 0.0683. The van der Waals surface area contributed by atoms with Crippen LogP contribution in [0.5, 0.6) is 0 Å². The van der Waals surface area contributed by atoms with Gasteiger partial charge in [-0.3, -0.25) is 4.90 Å². The first kappa shape index (κ1) is 17.0. The van der Waals surface area contributed by atoms with Crippen molar-refractivity contribution in [2.45, 2.75) is 65.1 Å². The minimum Gasteiger partial charge on any atom is -0.371 e. The van der Waals surface area contributed by atoms with Gasteiger partial charge in [-0.2, -0.15) is 9.97 Å². The molecule has 1 aliphatic heterocycles. The summed E-state index contributed by atoms with van der Waals surface area (Å²) in [5, 5.41) is 8.17. The van der Waals surface area contributed by atoms with Gasteiger partial charge in [0.05, 0.1) is 12.6 Å². The van der Waals surface area contributed by atoms with Crippen LogP contribution in [0.2, 0.25) is 0 Å². The summed E-state index contributed by atoms with van der Waals surface area (Å²) in [6.45, 7) is 10.1. The van der Waals surface area contributed by atoms with Crippen molar-refractivity contribution in [1.82, 2.24) is 25.2 Å². The molecule has 8 heteroatoms. The fourth-order valence-electron chi connectivity index (χ4n) is 2.92. The van der Waals surface area contributed by atoms with Gasteiger partial charge in [-0.25, -0.2) is 0 Å². The molecule has 0 saturated carbocycles. The summed E-state index contributed by atoms with van der Waals surface area (Å²) < 4.78 is 16.2. The van der Waals surface area contributed by atoms with E-state index < -0.39 is 0 Å². The smallest absolute Gasteiger partial charge is 0.240 e. The Balaban J connectivity index is 1.67. The third kappa shape index (κ3) is 3.64. The van der Waals surface area contributed by atoms with Crippen LogP contribution in [-0.2, 0) is 11.3 Å². The minimum absolute atomic E-state index is 0.140. The van der Waals surface area contributed by atoms with E-state index in [4.69, 9.17) is 13.8 Å². The predicted octanol–water partition coefficient (Wildman–Crippen LogP) is 3.01. The summed E-state index contributed by atoms with van der Waals surface area (Å²) in [7, 11) is 0. The number of aromatic nitrogens is 4. The lowest BCUT2D eigenvalue weighted by Gasteiger charge is -2.19. The predicted molar refractivity (Wildman–Crippen MR) is 85.1 cm³/mol. The second-order valence-corrected chi connectivity index (χ2v) is 6.42. The Morgan fingerprint density at radius 1 is 1.21 bits per heavy atom. The maximum Gasteiger partial charge on any atom is 0.240 e. The molecule has 24 heavy (non-hydrogen) atoms. The van der Waals surface area contributed by atoms with Crippen LogP contribution in [0.25, 0.3) is 0 Å². The maximum atomic E-state index is 5.50. The van der Waals surface area contributed by atoms with E-state index in [0.29, 0.717) is 30.8 Å². The van der Waals surface area contributed by atoms with Crippen LogP contribution in [0, 0.1) is 0 Å². The molecule has 0 spiro atoms. The van der Waals surface area contributed by atoms with Crippen molar-refractivity contribution < 1.29 is 13.8 Å². The molecule has 0 radical (unpaired) electrons. The first-order valence-corrected chi connectivity index (χ1v) is 8.60. The fourth-order valence-corrected chi connectivity index (χ4v) is 2.92. The third-order valence-electron chi connectivity index (χ3n) is 4.22. The number of nitrogens with zero attached hydrogens (tertiary/aromatic N) is 5. The molecule has 0 N–H and O–H groups in total. The van der Waals surface area contributed by atoms with Gasteiger partial charge in [0.2, 0.25) is 11.8 Å². The van der Waals surface area contributed by atoms with E-state index >= 15 is 0 Å². The van der Waals surface area contributed by atoms with Gasteiger partial charge in [0.1, 0.15) is 6.10 Å². The Labute approximate surface area is 141 Å². The summed E-state index contributed by atoms with van der Waals surface area (Å²) in [5.41, 5.74) is 0. The SMILES string of the molecule is CCO[C@@H](C)c1noc(CN2CCC[C@@H]2c2noc(C(C)C)n2)n1. The van der Waals surface area contributed by atoms with Crippen LogP contribution >= 0.6 is 0 Å². The van der Waals surface area contributed by atoms with Gasteiger partial charge in [-0.05, 0) is 33.2 Å². The van der Waals surface area contributed by atoms with Gasteiger partial charge in [-0.15, -0.1) is 0 Å². The van der Waals surface area contributed by atoms with E-state index in [1.165, 1.54) is 0 Å². The molecule has 2 aromatic heterocycles. The molecule has 2 atom stereocenters. The van der Waals surface area contributed by atoms with Gasteiger partial charge < -0.3 is 13.8 Å². The van der Waals surface area contributed by atoms with E-state index in [-0.39, 0.29) is 18.1 Å². The van der Waals surface area contributed by atoms with Crippen molar-refractivity contribution in [3.63, 3.8) is 0 Å². The first-order valence-electron chi connectivity index (χ1n) is 8.60. The molecule has 3 heterocycles. The topological polar surface area (TPSA) is 90.3 Å². The van der Waals surface area contributed by atoms with Gasteiger partial charge in [0, 0.05) is 12.5 Å². The quantitative estimate of drug-likeness (QED) is 0.762. The van der Waals surface area contributed by atoms with Crippen LogP contribution in [0.15, 0.2) is 9.05 Å². The van der Waals surface area contributed by atoms with Crippen molar-refractivity contribution >= 4 is 0 Å². The van der Waals surface area contributed by atoms with Crippen molar-refractivity contribution in [3.8, 4) is 0 Å². The lowest BCUT2D eigenvalue weighted by atomic mass is 10.2. The number of hydrogen-bond acceptors (Lipinski definition) is 8. The number of hydrogen-bond donors (Lipinski definition) is 0. The normalized spacial score (nSPS) is 20.1. The second-order valence-electron chi connectivity index (χ2n) is 6.42. The van der Waals surface area contributed by atoms with E-state index in [1.54, 1.807) is 0 Å². The Bertz CT molecular complexity index is 654. The monoisotopic (exact) mass is 335 g/mol. The largest absolute Gasteiger partial charge is 0.371 e. The van der Waals surface area contributed by atoms with Gasteiger partial charge in [0.15, 0.2) is 11.6 Å². The highest BCUT2D eigenvalue weighted by atomic mass is 16.5. The summed E-state index contributed by atoms with van der Waals surface area (Å²) in [5.74, 6) is 2.85. The van der Waals surface area contributed by atoms with Gasteiger partial charge in [0.25, 0.3) is 0 Å². The van der Waals surface area contributed by atoms with Crippen LogP contribution in [0.4, 0.5) is 0 Å². The molecule has 0 aliphatic carbocycles. The molecule has 8 nitrogen and oxygen atoms in total. The molecule has 1 aliphatic rings. The zero-order valence-electron chi connectivity index (χ0n) is 14.7. The molecule has 0 amide bonds. The molecule has 3 rings (SSSR count). The van der Waals surface area contributed by atoms with Crippen molar-refractivity contribution in [2.24, 2.45) is 0 Å². The molecule has 0 unspecified atom stereocenters. The van der Waals surface area contributed by atoms with Crippen molar-refractivity contribution in [1.29, 1.82) is 0 Å². The average molecular weight is 335 g/mol. The summed E-state index contributed by atoms with van der Waals surface area (Å²) >= 11 is 0. The van der Waals surface area contributed by atoms with Crippen LogP contribution in [0.3, 0.4) is 0 Å². The van der Waals surface area contributed by atoms with Gasteiger partial charge in [-0.1, -0.05) is 24.2 Å². The fraction of sp³-hybridized carbons (Fsp3) is 0.750. The molecule has 2 aromatic rings. The zero-order valence-corrected chi connectivity index (χ0v) is 14.7. The van der Waals surface area contributed by atoms with Crippen LogP contribution in [0.1, 0.15) is 82.0 Å². The summed E-state index contributed by atoms with van der Waals surface area (Å²) in [4.78, 5) is 11.2. The van der Waals surface area contributed by atoms with Crippen LogP contribution in [-0.4, -0.2) is 38.3 Å². The number of ether oxygens (including phenoxy) is 1. The molecule has 1 saturated heterocycles. The molecule has 132 valence electrons. The third-order valence-corrected chi connectivity index (χ3v) is 4.22. The Morgan fingerprint density at radius 3 is 2.75 bits per heavy atom. The molecular formula is C16H25N5O3. The molecular weight excluding hydrogens is 310 g/mol. The van der Waals surface area contributed by atoms with E-state index in [2.05, 4.69) is 25.2 Å². The minimum atomic E-state index is -0.160. The highest BCUT2D eigenvalue weighted by Gasteiger charge is 2.31. The zero-order chi connectivity index (χ0) is 17.1. The van der Waals surface area contributed by atoms with E-state index in [1.807, 2.05) is 27.7 Å². The second kappa shape index (κ2) is 7.40. The molecule has 0 bridgehead atoms. The Hall–Kier alpha value is -1.80. The number of likely N-dealkylation sites (tertiary alicyclic amines) is 1. The highest BCUT2D eigenvalue weighted by Crippen LogP contribution is 2.32. The highest BCUT2D eigenvalue weighted by molar-refractivity contribution is 5.01. The lowest BCUT2D eigenvalue weighted by Crippen LogP contribution is -2.23. The van der Waals surface area contributed by atoms with Crippen LogP contribution < -0.4 is 0 Å². The summed E-state index contributed by atoms with van der Waals surface area (Å²) in [6, 6.07) is 0.140. The van der Waals surface area contributed by atoms with Gasteiger partial charge >= 0.3 is 0 Å². The Morgan fingerprint density at radius 2 is 2.04 bits per heavy atom. The summed E-state index contributed by atoms with van der Waals surface area (Å²) in [6.07, 6.45) is 1.94. The first-order chi connectivity index (χ1) is 11.6. The molecule has 0 aromatic carbocycles. The van der Waals surface area contributed by atoms with E-state index in [0.717, 1.165) is 25.2 Å². The Kier molecular flexibility index (Phi) is 5.25. The average Bonchev–Trinajstić information content (AvgIpc) is 3.27. The van der Waals surface area contributed by atoms with E-state index in [9.17, 15) is 0 Å². The van der Waals surface area contributed by atoms with Crippen molar-refractivity contribution in [3.05, 3.63) is 23.4 Å². The maximum absolute atomic E-state index is 5.50. The number of rotatable bonds is 7. The van der Waals surface area contributed by atoms with Crippen molar-refractivity contribution in [2.75, 3.05) is 13.2 Å².